The summed E-state index contributed by atoms with van der Waals surface area (Å²) in [4.78, 5) is 0. The quantitative estimate of drug-likeness (QED) is 0.732. The van der Waals surface area contributed by atoms with Crippen molar-refractivity contribution in [2.24, 2.45) is 5.73 Å². The van der Waals surface area contributed by atoms with Gasteiger partial charge in [0.1, 0.15) is 0 Å². The average molecular weight is 236 g/mol. The van der Waals surface area contributed by atoms with Gasteiger partial charge in [0.2, 0.25) is 10.0 Å². The molecule has 1 saturated heterocycles. The molecule has 0 aromatic rings. The van der Waals surface area contributed by atoms with Gasteiger partial charge >= 0.3 is 0 Å². The number of piperidine rings is 1. The van der Waals surface area contributed by atoms with Crippen LogP contribution in [-0.2, 0) is 14.8 Å². The van der Waals surface area contributed by atoms with Crippen molar-refractivity contribution in [2.75, 3.05) is 26.7 Å². The molecule has 90 valence electrons. The molecule has 0 aliphatic carbocycles. The SMILES string of the molecule is COC1CCCN(S(=O)(=O)C(C)CN)C1. The van der Waals surface area contributed by atoms with E-state index in [1.54, 1.807) is 14.0 Å². The molecular weight excluding hydrogens is 216 g/mol. The second-order valence-corrected chi connectivity index (χ2v) is 6.30. The van der Waals surface area contributed by atoms with Gasteiger partial charge in [-0.3, -0.25) is 0 Å². The zero-order valence-electron chi connectivity index (χ0n) is 9.35. The monoisotopic (exact) mass is 236 g/mol. The molecule has 0 amide bonds. The van der Waals surface area contributed by atoms with E-state index in [9.17, 15) is 8.42 Å². The number of ether oxygens (including phenoxy) is 1. The van der Waals surface area contributed by atoms with Crippen LogP contribution in [0.25, 0.3) is 0 Å². The summed E-state index contributed by atoms with van der Waals surface area (Å²) in [5.41, 5.74) is 5.39. The van der Waals surface area contributed by atoms with Crippen LogP contribution in [0.5, 0.6) is 0 Å². The Kier molecular flexibility index (Phi) is 4.51. The summed E-state index contributed by atoms with van der Waals surface area (Å²) in [6.45, 7) is 2.86. The third-order valence-electron chi connectivity index (χ3n) is 2.87. The van der Waals surface area contributed by atoms with Gasteiger partial charge in [0.05, 0.1) is 11.4 Å². The first-order valence-electron chi connectivity index (χ1n) is 5.24. The van der Waals surface area contributed by atoms with Crippen molar-refractivity contribution in [3.63, 3.8) is 0 Å². The Bertz CT molecular complexity index is 292. The van der Waals surface area contributed by atoms with Crippen LogP contribution in [0.4, 0.5) is 0 Å². The summed E-state index contributed by atoms with van der Waals surface area (Å²) >= 11 is 0. The Hall–Kier alpha value is -0.170. The van der Waals surface area contributed by atoms with Gasteiger partial charge in [-0.2, -0.15) is 4.31 Å². The lowest BCUT2D eigenvalue weighted by atomic mass is 10.1. The van der Waals surface area contributed by atoms with Crippen LogP contribution in [0.3, 0.4) is 0 Å². The Morgan fingerprint density at radius 2 is 2.27 bits per heavy atom. The van der Waals surface area contributed by atoms with E-state index in [1.807, 2.05) is 0 Å². The molecule has 0 radical (unpaired) electrons. The fourth-order valence-electron chi connectivity index (χ4n) is 1.70. The molecule has 1 rings (SSSR count). The van der Waals surface area contributed by atoms with Crippen LogP contribution in [0.1, 0.15) is 19.8 Å². The Labute approximate surface area is 91.6 Å². The van der Waals surface area contributed by atoms with E-state index in [-0.39, 0.29) is 12.6 Å². The van der Waals surface area contributed by atoms with Crippen molar-refractivity contribution in [1.82, 2.24) is 4.31 Å². The molecule has 6 heteroatoms. The van der Waals surface area contributed by atoms with Crippen molar-refractivity contribution >= 4 is 10.0 Å². The van der Waals surface area contributed by atoms with Gasteiger partial charge in [0, 0.05) is 26.7 Å². The Balaban J connectivity index is 2.70. The van der Waals surface area contributed by atoms with Gasteiger partial charge in [-0.05, 0) is 19.8 Å². The van der Waals surface area contributed by atoms with Gasteiger partial charge < -0.3 is 10.5 Å². The third kappa shape index (κ3) is 2.90. The van der Waals surface area contributed by atoms with Crippen molar-refractivity contribution < 1.29 is 13.2 Å². The molecule has 1 fully saturated rings. The van der Waals surface area contributed by atoms with E-state index in [1.165, 1.54) is 4.31 Å². The van der Waals surface area contributed by atoms with Crippen LogP contribution in [0, 0.1) is 0 Å². The van der Waals surface area contributed by atoms with E-state index in [0.29, 0.717) is 13.1 Å². The minimum atomic E-state index is -3.23. The lowest BCUT2D eigenvalue weighted by Crippen LogP contribution is -2.47. The Morgan fingerprint density at radius 1 is 1.60 bits per heavy atom. The van der Waals surface area contributed by atoms with Gasteiger partial charge in [-0.1, -0.05) is 0 Å². The second kappa shape index (κ2) is 5.25. The number of hydrogen-bond donors (Lipinski definition) is 1. The van der Waals surface area contributed by atoms with E-state index in [2.05, 4.69) is 0 Å². The zero-order valence-corrected chi connectivity index (χ0v) is 10.2. The molecule has 0 aromatic heterocycles. The number of nitrogens with zero attached hydrogens (tertiary/aromatic N) is 1. The van der Waals surface area contributed by atoms with Gasteiger partial charge in [-0.15, -0.1) is 0 Å². The lowest BCUT2D eigenvalue weighted by Gasteiger charge is -2.32. The zero-order chi connectivity index (χ0) is 11.5. The summed E-state index contributed by atoms with van der Waals surface area (Å²) in [6.07, 6.45) is 1.81. The minimum Gasteiger partial charge on any atom is -0.380 e. The van der Waals surface area contributed by atoms with Gasteiger partial charge in [0.25, 0.3) is 0 Å². The molecule has 1 heterocycles. The van der Waals surface area contributed by atoms with Gasteiger partial charge in [-0.25, -0.2) is 8.42 Å². The summed E-state index contributed by atoms with van der Waals surface area (Å²) in [5.74, 6) is 0. The van der Waals surface area contributed by atoms with Crippen LogP contribution >= 0.6 is 0 Å². The maximum absolute atomic E-state index is 12.0. The van der Waals surface area contributed by atoms with E-state index in [0.717, 1.165) is 12.8 Å². The topological polar surface area (TPSA) is 72.6 Å². The Morgan fingerprint density at radius 3 is 2.80 bits per heavy atom. The predicted octanol–water partition coefficient (Wildman–Crippen LogP) is -0.226. The van der Waals surface area contributed by atoms with E-state index < -0.39 is 15.3 Å². The summed E-state index contributed by atoms with van der Waals surface area (Å²) in [6, 6.07) is 0. The van der Waals surface area contributed by atoms with E-state index in [4.69, 9.17) is 10.5 Å². The molecule has 2 N–H and O–H groups in total. The first-order chi connectivity index (χ1) is 7.02. The summed E-state index contributed by atoms with van der Waals surface area (Å²) in [7, 11) is -1.61. The molecule has 0 bridgehead atoms. The number of sulfonamides is 1. The first-order valence-corrected chi connectivity index (χ1v) is 6.74. The molecule has 5 nitrogen and oxygen atoms in total. The van der Waals surface area contributed by atoms with Crippen LogP contribution < -0.4 is 5.73 Å². The number of nitrogens with two attached hydrogens (primary N) is 1. The number of hydrogen-bond acceptors (Lipinski definition) is 4. The fraction of sp³-hybridized carbons (Fsp3) is 1.00. The molecule has 2 atom stereocenters. The highest BCUT2D eigenvalue weighted by atomic mass is 32.2. The van der Waals surface area contributed by atoms with Crippen molar-refractivity contribution in [3.8, 4) is 0 Å². The smallest absolute Gasteiger partial charge is 0.218 e. The average Bonchev–Trinajstić information content (AvgIpc) is 2.27. The fourth-order valence-corrected chi connectivity index (χ4v) is 3.21. The first kappa shape index (κ1) is 12.9. The number of rotatable bonds is 4. The predicted molar refractivity (Wildman–Crippen MR) is 59.0 cm³/mol. The van der Waals surface area contributed by atoms with Crippen LogP contribution in [0.15, 0.2) is 0 Å². The van der Waals surface area contributed by atoms with Crippen LogP contribution in [-0.4, -0.2) is 50.8 Å². The molecule has 0 saturated carbocycles. The maximum atomic E-state index is 12.0. The standard InChI is InChI=1S/C9H20N2O3S/c1-8(6-10)15(12,13)11-5-3-4-9(7-11)14-2/h8-9H,3-7,10H2,1-2H3. The van der Waals surface area contributed by atoms with Crippen LogP contribution in [0.2, 0.25) is 0 Å². The largest absolute Gasteiger partial charge is 0.380 e. The molecule has 15 heavy (non-hydrogen) atoms. The number of methoxy groups -OCH3 is 1. The molecular formula is C9H20N2O3S. The highest BCUT2D eigenvalue weighted by Gasteiger charge is 2.32. The lowest BCUT2D eigenvalue weighted by molar-refractivity contribution is 0.0569. The maximum Gasteiger partial charge on any atom is 0.218 e. The molecule has 1 aliphatic heterocycles. The molecule has 0 spiro atoms. The highest BCUT2D eigenvalue weighted by Crippen LogP contribution is 2.18. The van der Waals surface area contributed by atoms with E-state index >= 15 is 0 Å². The molecule has 0 aromatic carbocycles. The second-order valence-electron chi connectivity index (χ2n) is 3.95. The molecule has 1 aliphatic rings. The normalized spacial score (nSPS) is 26.5. The summed E-state index contributed by atoms with van der Waals surface area (Å²) < 4.78 is 30.6. The minimum absolute atomic E-state index is 0.0264. The molecule has 2 unspecified atom stereocenters. The summed E-state index contributed by atoms with van der Waals surface area (Å²) in [5, 5.41) is -0.506. The van der Waals surface area contributed by atoms with Crippen molar-refractivity contribution in [1.29, 1.82) is 0 Å². The van der Waals surface area contributed by atoms with Crippen molar-refractivity contribution in [2.45, 2.75) is 31.1 Å². The van der Waals surface area contributed by atoms with Gasteiger partial charge in [0.15, 0.2) is 0 Å². The highest BCUT2D eigenvalue weighted by molar-refractivity contribution is 7.89. The van der Waals surface area contributed by atoms with Crippen molar-refractivity contribution in [3.05, 3.63) is 0 Å². The third-order valence-corrected chi connectivity index (χ3v) is 5.14.